The van der Waals surface area contributed by atoms with Gasteiger partial charge in [-0.3, -0.25) is 9.59 Å². The van der Waals surface area contributed by atoms with E-state index in [9.17, 15) is 9.59 Å². The highest BCUT2D eigenvalue weighted by molar-refractivity contribution is 5.91. The number of rotatable bonds is 5. The molecule has 0 saturated carbocycles. The molecule has 1 N–H and O–H groups in total. The van der Waals surface area contributed by atoms with Crippen LogP contribution in [0.15, 0.2) is 22.8 Å². The number of furan rings is 1. The number of likely N-dealkylation sites (tertiary alicyclic amines) is 1. The van der Waals surface area contributed by atoms with Gasteiger partial charge < -0.3 is 14.6 Å². The van der Waals surface area contributed by atoms with E-state index in [-0.39, 0.29) is 11.8 Å². The van der Waals surface area contributed by atoms with E-state index in [0.717, 1.165) is 19.5 Å². The van der Waals surface area contributed by atoms with E-state index in [1.54, 1.807) is 12.1 Å². The Kier molecular flexibility index (Phi) is 5.21. The van der Waals surface area contributed by atoms with Gasteiger partial charge >= 0.3 is 0 Å². The molecule has 5 heteroatoms. The van der Waals surface area contributed by atoms with E-state index in [1.807, 2.05) is 4.90 Å². The van der Waals surface area contributed by atoms with Crippen molar-refractivity contribution in [2.24, 2.45) is 5.92 Å². The molecule has 2 heterocycles. The highest BCUT2D eigenvalue weighted by Crippen LogP contribution is 2.16. The number of carbonyl (C=O) groups is 2. The van der Waals surface area contributed by atoms with Crippen LogP contribution in [0, 0.1) is 5.92 Å². The van der Waals surface area contributed by atoms with Crippen LogP contribution in [0.1, 0.15) is 43.2 Å². The van der Waals surface area contributed by atoms with E-state index in [4.69, 9.17) is 4.42 Å². The molecule has 1 aromatic rings. The molecular formula is C15H22N2O3. The third kappa shape index (κ3) is 4.11. The zero-order chi connectivity index (χ0) is 14.4. The molecule has 5 nitrogen and oxygen atoms in total. The largest absolute Gasteiger partial charge is 0.459 e. The third-order valence-corrected chi connectivity index (χ3v) is 3.61. The fourth-order valence-corrected chi connectivity index (χ4v) is 2.51. The van der Waals surface area contributed by atoms with Gasteiger partial charge in [-0.2, -0.15) is 0 Å². The van der Waals surface area contributed by atoms with Crippen molar-refractivity contribution in [2.45, 2.75) is 32.6 Å². The molecule has 1 aliphatic rings. The summed E-state index contributed by atoms with van der Waals surface area (Å²) in [7, 11) is 0. The first-order valence-electron chi connectivity index (χ1n) is 7.26. The van der Waals surface area contributed by atoms with Crippen LogP contribution in [0.4, 0.5) is 0 Å². The highest BCUT2D eigenvalue weighted by atomic mass is 16.3. The molecular weight excluding hydrogens is 256 g/mol. The van der Waals surface area contributed by atoms with E-state index in [1.165, 1.54) is 12.7 Å². The van der Waals surface area contributed by atoms with Crippen LogP contribution >= 0.6 is 0 Å². The molecule has 1 atom stereocenters. The summed E-state index contributed by atoms with van der Waals surface area (Å²) in [5.41, 5.74) is 0. The lowest BCUT2D eigenvalue weighted by molar-refractivity contribution is -0.132. The number of nitrogens with one attached hydrogen (secondary N) is 1. The topological polar surface area (TPSA) is 62.6 Å². The third-order valence-electron chi connectivity index (χ3n) is 3.61. The number of hydrogen-bond donors (Lipinski definition) is 1. The van der Waals surface area contributed by atoms with Crippen LogP contribution in [0.5, 0.6) is 0 Å². The predicted molar refractivity (Wildman–Crippen MR) is 75.3 cm³/mol. The van der Waals surface area contributed by atoms with Crippen molar-refractivity contribution < 1.29 is 14.0 Å². The molecule has 20 heavy (non-hydrogen) atoms. The normalized spacial score (nSPS) is 18.9. The molecule has 1 aromatic heterocycles. The van der Waals surface area contributed by atoms with E-state index in [2.05, 4.69) is 12.2 Å². The lowest BCUT2D eigenvalue weighted by atomic mass is 10.00. The zero-order valence-corrected chi connectivity index (χ0v) is 11.9. The smallest absolute Gasteiger partial charge is 0.286 e. The molecule has 0 radical (unpaired) electrons. The number of piperidine rings is 1. The summed E-state index contributed by atoms with van der Waals surface area (Å²) in [6.07, 6.45) is 4.93. The lowest BCUT2D eigenvalue weighted by Gasteiger charge is -2.31. The first-order valence-corrected chi connectivity index (χ1v) is 7.26. The van der Waals surface area contributed by atoms with Crippen molar-refractivity contribution in [2.75, 3.05) is 19.6 Å². The molecule has 1 saturated heterocycles. The summed E-state index contributed by atoms with van der Waals surface area (Å²) in [6.45, 7) is 4.43. The molecule has 2 amide bonds. The van der Waals surface area contributed by atoms with Crippen molar-refractivity contribution in [1.82, 2.24) is 10.2 Å². The average molecular weight is 278 g/mol. The molecule has 1 unspecified atom stereocenters. The molecule has 110 valence electrons. The Morgan fingerprint density at radius 3 is 3.05 bits per heavy atom. The fourth-order valence-electron chi connectivity index (χ4n) is 2.51. The van der Waals surface area contributed by atoms with Crippen LogP contribution in [-0.2, 0) is 4.79 Å². The Hall–Kier alpha value is -1.78. The van der Waals surface area contributed by atoms with Gasteiger partial charge in [0.2, 0.25) is 5.91 Å². The number of nitrogens with zero attached hydrogens (tertiary/aromatic N) is 1. The van der Waals surface area contributed by atoms with Crippen LogP contribution in [0.2, 0.25) is 0 Å². The summed E-state index contributed by atoms with van der Waals surface area (Å²) in [6, 6.07) is 3.30. The van der Waals surface area contributed by atoms with Gasteiger partial charge in [-0.1, -0.05) is 6.92 Å². The molecule has 0 aliphatic carbocycles. The van der Waals surface area contributed by atoms with Crippen LogP contribution in [0.25, 0.3) is 0 Å². The minimum absolute atomic E-state index is 0.198. The number of hydrogen-bond acceptors (Lipinski definition) is 3. The Bertz CT molecular complexity index is 442. The maximum absolute atomic E-state index is 12.0. The molecule has 0 bridgehead atoms. The SMILES string of the molecule is CC1CCCN(C(=O)CCCNC(=O)c2ccco2)C1. The Morgan fingerprint density at radius 1 is 1.50 bits per heavy atom. The number of carbonyl (C=O) groups excluding carboxylic acids is 2. The standard InChI is InChI=1S/C15H22N2O3/c1-12-5-3-9-17(11-12)14(18)7-2-8-16-15(19)13-6-4-10-20-13/h4,6,10,12H,2-3,5,7-9,11H2,1H3,(H,16,19). The molecule has 2 rings (SSSR count). The van der Waals surface area contributed by atoms with Crippen LogP contribution < -0.4 is 5.32 Å². The van der Waals surface area contributed by atoms with Crippen LogP contribution in [0.3, 0.4) is 0 Å². The molecule has 0 spiro atoms. The van der Waals surface area contributed by atoms with Gasteiger partial charge in [0, 0.05) is 26.1 Å². The summed E-state index contributed by atoms with van der Waals surface area (Å²) >= 11 is 0. The second-order valence-electron chi connectivity index (χ2n) is 5.42. The van der Waals surface area contributed by atoms with Gasteiger partial charge in [0.15, 0.2) is 5.76 Å². The summed E-state index contributed by atoms with van der Waals surface area (Å²) in [5.74, 6) is 0.880. The Labute approximate surface area is 119 Å². The highest BCUT2D eigenvalue weighted by Gasteiger charge is 2.20. The monoisotopic (exact) mass is 278 g/mol. The quantitative estimate of drug-likeness (QED) is 0.838. The van der Waals surface area contributed by atoms with Gasteiger partial charge in [0.25, 0.3) is 5.91 Å². The maximum Gasteiger partial charge on any atom is 0.286 e. The lowest BCUT2D eigenvalue weighted by Crippen LogP contribution is -2.39. The Morgan fingerprint density at radius 2 is 2.35 bits per heavy atom. The molecule has 1 aliphatic heterocycles. The van der Waals surface area contributed by atoms with Gasteiger partial charge in [0.1, 0.15) is 0 Å². The van der Waals surface area contributed by atoms with Gasteiger partial charge in [-0.05, 0) is 37.3 Å². The second-order valence-corrected chi connectivity index (χ2v) is 5.42. The van der Waals surface area contributed by atoms with Gasteiger partial charge in [-0.25, -0.2) is 0 Å². The van der Waals surface area contributed by atoms with E-state index < -0.39 is 0 Å². The van der Waals surface area contributed by atoms with Crippen molar-refractivity contribution in [3.8, 4) is 0 Å². The zero-order valence-electron chi connectivity index (χ0n) is 11.9. The number of amides is 2. The summed E-state index contributed by atoms with van der Waals surface area (Å²) in [5, 5.41) is 2.75. The van der Waals surface area contributed by atoms with E-state index >= 15 is 0 Å². The predicted octanol–water partition coefficient (Wildman–Crippen LogP) is 2.05. The van der Waals surface area contributed by atoms with Crippen molar-refractivity contribution in [3.63, 3.8) is 0 Å². The molecule has 1 fully saturated rings. The van der Waals surface area contributed by atoms with Crippen molar-refractivity contribution in [1.29, 1.82) is 0 Å². The average Bonchev–Trinajstić information content (AvgIpc) is 2.97. The van der Waals surface area contributed by atoms with Crippen molar-refractivity contribution >= 4 is 11.8 Å². The summed E-state index contributed by atoms with van der Waals surface area (Å²) in [4.78, 5) is 25.6. The van der Waals surface area contributed by atoms with Gasteiger partial charge in [-0.15, -0.1) is 0 Å². The van der Waals surface area contributed by atoms with Crippen molar-refractivity contribution in [3.05, 3.63) is 24.2 Å². The van der Waals surface area contributed by atoms with Crippen LogP contribution in [-0.4, -0.2) is 36.3 Å². The maximum atomic E-state index is 12.0. The summed E-state index contributed by atoms with van der Waals surface area (Å²) < 4.78 is 4.99. The minimum atomic E-state index is -0.228. The molecule has 0 aromatic carbocycles. The first-order chi connectivity index (χ1) is 9.66. The minimum Gasteiger partial charge on any atom is -0.459 e. The van der Waals surface area contributed by atoms with E-state index in [0.29, 0.717) is 31.1 Å². The first kappa shape index (κ1) is 14.6. The van der Waals surface area contributed by atoms with Gasteiger partial charge in [0.05, 0.1) is 6.26 Å². The Balaban J connectivity index is 1.63. The second kappa shape index (κ2) is 7.12. The fraction of sp³-hybridized carbons (Fsp3) is 0.600.